The van der Waals surface area contributed by atoms with Gasteiger partial charge < -0.3 is 4.74 Å². The lowest BCUT2D eigenvalue weighted by Crippen LogP contribution is -2.17. The zero-order chi connectivity index (χ0) is 12.3. The second-order valence-electron chi connectivity index (χ2n) is 4.72. The Morgan fingerprint density at radius 1 is 1.47 bits per heavy atom. The molecule has 92 valence electrons. The average Bonchev–Trinajstić information content (AvgIpc) is 2.75. The fourth-order valence-electron chi connectivity index (χ4n) is 2.55. The van der Waals surface area contributed by atoms with Gasteiger partial charge in [0.05, 0.1) is 12.8 Å². The standard InChI is InChI=1S/C14H19NO2/c1-3-17-12-7-11(8-15-9-12)14(16)13-6-4-5-10(13)2/h7-10,13H,3-6H2,1-2H3. The van der Waals surface area contributed by atoms with E-state index in [0.717, 1.165) is 19.3 Å². The van der Waals surface area contributed by atoms with Crippen LogP contribution in [0.3, 0.4) is 0 Å². The normalized spacial score (nSPS) is 23.6. The molecule has 0 radical (unpaired) electrons. The van der Waals surface area contributed by atoms with Crippen molar-refractivity contribution in [3.05, 3.63) is 24.0 Å². The van der Waals surface area contributed by atoms with Crippen LogP contribution in [-0.4, -0.2) is 17.4 Å². The molecule has 2 rings (SSSR count). The topological polar surface area (TPSA) is 39.2 Å². The fraction of sp³-hybridized carbons (Fsp3) is 0.571. The minimum Gasteiger partial charge on any atom is -0.492 e. The Balaban J connectivity index is 2.15. The maximum absolute atomic E-state index is 12.3. The van der Waals surface area contributed by atoms with E-state index in [-0.39, 0.29) is 11.7 Å². The summed E-state index contributed by atoms with van der Waals surface area (Å²) in [7, 11) is 0. The van der Waals surface area contributed by atoms with Crippen LogP contribution >= 0.6 is 0 Å². The Morgan fingerprint density at radius 2 is 2.29 bits per heavy atom. The number of nitrogens with zero attached hydrogens (tertiary/aromatic N) is 1. The van der Waals surface area contributed by atoms with E-state index in [1.165, 1.54) is 0 Å². The number of hydrogen-bond donors (Lipinski definition) is 0. The molecule has 0 aliphatic heterocycles. The lowest BCUT2D eigenvalue weighted by atomic mass is 9.90. The van der Waals surface area contributed by atoms with Crippen LogP contribution in [0.15, 0.2) is 18.5 Å². The smallest absolute Gasteiger partial charge is 0.167 e. The van der Waals surface area contributed by atoms with Gasteiger partial charge in [0.1, 0.15) is 5.75 Å². The van der Waals surface area contributed by atoms with Gasteiger partial charge in [-0.1, -0.05) is 13.3 Å². The van der Waals surface area contributed by atoms with Gasteiger partial charge in [-0.3, -0.25) is 9.78 Å². The Morgan fingerprint density at radius 3 is 2.94 bits per heavy atom. The van der Waals surface area contributed by atoms with Crippen LogP contribution in [-0.2, 0) is 0 Å². The third kappa shape index (κ3) is 2.65. The molecule has 1 aliphatic carbocycles. The molecule has 17 heavy (non-hydrogen) atoms. The summed E-state index contributed by atoms with van der Waals surface area (Å²) in [5.74, 6) is 1.58. The number of carbonyl (C=O) groups is 1. The van der Waals surface area contributed by atoms with Gasteiger partial charge in [0, 0.05) is 17.7 Å². The Kier molecular flexibility index (Phi) is 3.77. The van der Waals surface area contributed by atoms with Gasteiger partial charge in [0.15, 0.2) is 5.78 Å². The lowest BCUT2D eigenvalue weighted by molar-refractivity contribution is 0.0896. The van der Waals surface area contributed by atoms with E-state index in [9.17, 15) is 4.79 Å². The summed E-state index contributed by atoms with van der Waals surface area (Å²) in [5.41, 5.74) is 0.690. The van der Waals surface area contributed by atoms with E-state index < -0.39 is 0 Å². The highest BCUT2D eigenvalue weighted by Gasteiger charge is 2.30. The first-order valence-corrected chi connectivity index (χ1v) is 6.34. The number of pyridine rings is 1. The molecule has 0 spiro atoms. The summed E-state index contributed by atoms with van der Waals surface area (Å²) < 4.78 is 5.37. The van der Waals surface area contributed by atoms with Crippen molar-refractivity contribution in [2.24, 2.45) is 11.8 Å². The van der Waals surface area contributed by atoms with Crippen molar-refractivity contribution in [2.75, 3.05) is 6.61 Å². The third-order valence-corrected chi connectivity index (χ3v) is 3.51. The van der Waals surface area contributed by atoms with Gasteiger partial charge in [-0.2, -0.15) is 0 Å². The lowest BCUT2D eigenvalue weighted by Gasteiger charge is -2.14. The first kappa shape index (κ1) is 12.1. The van der Waals surface area contributed by atoms with E-state index in [0.29, 0.717) is 23.8 Å². The zero-order valence-corrected chi connectivity index (χ0v) is 10.5. The van der Waals surface area contributed by atoms with Crippen molar-refractivity contribution < 1.29 is 9.53 Å². The number of aromatic nitrogens is 1. The molecule has 3 nitrogen and oxygen atoms in total. The predicted molar refractivity (Wildman–Crippen MR) is 66.2 cm³/mol. The highest BCUT2D eigenvalue weighted by atomic mass is 16.5. The maximum atomic E-state index is 12.3. The van der Waals surface area contributed by atoms with Crippen molar-refractivity contribution in [1.29, 1.82) is 0 Å². The van der Waals surface area contributed by atoms with Crippen LogP contribution in [0.25, 0.3) is 0 Å². The number of rotatable bonds is 4. The van der Waals surface area contributed by atoms with Gasteiger partial charge in [-0.05, 0) is 31.7 Å². The van der Waals surface area contributed by atoms with E-state index in [4.69, 9.17) is 4.74 Å². The van der Waals surface area contributed by atoms with Gasteiger partial charge >= 0.3 is 0 Å². The summed E-state index contributed by atoms with van der Waals surface area (Å²) in [6.45, 7) is 4.68. The molecule has 1 saturated carbocycles. The second-order valence-corrected chi connectivity index (χ2v) is 4.72. The third-order valence-electron chi connectivity index (χ3n) is 3.51. The van der Waals surface area contributed by atoms with E-state index in [1.807, 2.05) is 13.0 Å². The monoisotopic (exact) mass is 233 g/mol. The summed E-state index contributed by atoms with van der Waals surface area (Å²) in [4.78, 5) is 16.4. The summed E-state index contributed by atoms with van der Waals surface area (Å²) in [5, 5.41) is 0. The van der Waals surface area contributed by atoms with Crippen molar-refractivity contribution in [1.82, 2.24) is 4.98 Å². The summed E-state index contributed by atoms with van der Waals surface area (Å²) in [6.07, 6.45) is 6.64. The second kappa shape index (κ2) is 5.30. The van der Waals surface area contributed by atoms with Crippen molar-refractivity contribution in [2.45, 2.75) is 33.1 Å². The molecule has 1 fully saturated rings. The molecule has 2 atom stereocenters. The molecule has 0 saturated heterocycles. The zero-order valence-electron chi connectivity index (χ0n) is 10.5. The maximum Gasteiger partial charge on any atom is 0.167 e. The molecule has 1 heterocycles. The average molecular weight is 233 g/mol. The van der Waals surface area contributed by atoms with Gasteiger partial charge in [0.25, 0.3) is 0 Å². The molecule has 0 aromatic carbocycles. The largest absolute Gasteiger partial charge is 0.492 e. The molecule has 1 aromatic heterocycles. The number of ether oxygens (including phenoxy) is 1. The van der Waals surface area contributed by atoms with E-state index in [1.54, 1.807) is 12.4 Å². The van der Waals surface area contributed by atoms with Gasteiger partial charge in [0.2, 0.25) is 0 Å². The minimum absolute atomic E-state index is 0.175. The summed E-state index contributed by atoms with van der Waals surface area (Å²) >= 11 is 0. The number of ketones is 1. The van der Waals surface area contributed by atoms with Crippen LogP contribution in [0.2, 0.25) is 0 Å². The van der Waals surface area contributed by atoms with Crippen LogP contribution in [0.1, 0.15) is 43.5 Å². The number of carbonyl (C=O) groups excluding carboxylic acids is 1. The van der Waals surface area contributed by atoms with Crippen LogP contribution in [0, 0.1) is 11.8 Å². The highest BCUT2D eigenvalue weighted by Crippen LogP contribution is 2.33. The van der Waals surface area contributed by atoms with Crippen molar-refractivity contribution >= 4 is 5.78 Å². The fourth-order valence-corrected chi connectivity index (χ4v) is 2.55. The molecule has 1 aliphatic rings. The number of hydrogen-bond acceptors (Lipinski definition) is 3. The minimum atomic E-state index is 0.175. The van der Waals surface area contributed by atoms with Crippen molar-refractivity contribution in [3.8, 4) is 5.75 Å². The highest BCUT2D eigenvalue weighted by molar-refractivity contribution is 5.98. The molecular formula is C14H19NO2. The quantitative estimate of drug-likeness (QED) is 0.750. The first-order chi connectivity index (χ1) is 8.22. The summed E-state index contributed by atoms with van der Waals surface area (Å²) in [6, 6.07) is 1.81. The van der Waals surface area contributed by atoms with Crippen LogP contribution in [0.4, 0.5) is 0 Å². The molecular weight excluding hydrogens is 214 g/mol. The van der Waals surface area contributed by atoms with Crippen LogP contribution in [0.5, 0.6) is 5.75 Å². The van der Waals surface area contributed by atoms with Crippen molar-refractivity contribution in [3.63, 3.8) is 0 Å². The predicted octanol–water partition coefficient (Wildman–Crippen LogP) is 3.10. The molecule has 0 bridgehead atoms. The van der Waals surface area contributed by atoms with E-state index >= 15 is 0 Å². The molecule has 0 amide bonds. The van der Waals surface area contributed by atoms with Gasteiger partial charge in [-0.25, -0.2) is 0 Å². The van der Waals surface area contributed by atoms with Gasteiger partial charge in [-0.15, -0.1) is 0 Å². The molecule has 1 aromatic rings. The SMILES string of the molecule is CCOc1cncc(C(=O)C2CCCC2C)c1. The number of Topliss-reactive ketones (excluding diaryl/α,β-unsaturated/α-hetero) is 1. The van der Waals surface area contributed by atoms with E-state index in [2.05, 4.69) is 11.9 Å². The molecule has 0 N–H and O–H groups in total. The first-order valence-electron chi connectivity index (χ1n) is 6.34. The Hall–Kier alpha value is -1.38. The molecule has 2 unspecified atom stereocenters. The molecule has 3 heteroatoms. The van der Waals surface area contributed by atoms with Crippen LogP contribution < -0.4 is 4.74 Å². The Labute approximate surface area is 102 Å². The Bertz CT molecular complexity index is 403.